The van der Waals surface area contributed by atoms with Crippen molar-refractivity contribution in [1.82, 2.24) is 19.4 Å². The number of pyridine rings is 1. The van der Waals surface area contributed by atoms with Crippen LogP contribution in [-0.2, 0) is 22.9 Å². The maximum Gasteiger partial charge on any atom is 0.332 e. The first-order chi connectivity index (χ1) is 18.8. The minimum Gasteiger partial charge on any atom is -0.384 e. The minimum atomic E-state index is -3.79. The molecule has 10 nitrogen and oxygen atoms in total. The second-order valence-corrected chi connectivity index (χ2v) is 11.3. The molecule has 0 radical (unpaired) electrons. The summed E-state index contributed by atoms with van der Waals surface area (Å²) in [6, 6.07) is 19.1. The highest BCUT2D eigenvalue weighted by molar-refractivity contribution is 7.91. The molecule has 2 aromatic carbocycles. The second-order valence-electron chi connectivity index (χ2n) is 9.27. The van der Waals surface area contributed by atoms with Gasteiger partial charge in [0.2, 0.25) is 0 Å². The van der Waals surface area contributed by atoms with Gasteiger partial charge in [-0.1, -0.05) is 42.5 Å². The first-order valence-corrected chi connectivity index (χ1v) is 14.2. The summed E-state index contributed by atoms with van der Waals surface area (Å²) in [6.45, 7) is 0.461. The quantitative estimate of drug-likeness (QED) is 0.252. The Morgan fingerprint density at radius 2 is 1.65 bits per heavy atom. The number of rotatable bonds is 7. The Bertz CT molecular complexity index is 1750. The first-order valence-electron chi connectivity index (χ1n) is 12.5. The van der Waals surface area contributed by atoms with Crippen molar-refractivity contribution in [3.8, 4) is 22.3 Å². The SMILES string of the molecule is Cl.Nc1ccc(-c2ccc(C(=O)NCCCn3c(=O)c(-c4ccccc4)c4n(c3=O)CCCS4(=O)=O)cc2)cn1. The van der Waals surface area contributed by atoms with E-state index in [1.807, 2.05) is 18.2 Å². The number of sulfone groups is 1. The predicted molar refractivity (Wildman–Crippen MR) is 155 cm³/mol. The summed E-state index contributed by atoms with van der Waals surface area (Å²) in [4.78, 5) is 43.4. The number of carbonyl (C=O) groups is 1. The number of hydrogen-bond acceptors (Lipinski definition) is 7. The van der Waals surface area contributed by atoms with Gasteiger partial charge in [-0.25, -0.2) is 18.2 Å². The number of aromatic nitrogens is 3. The molecule has 3 N–H and O–H groups in total. The molecule has 1 aliphatic heterocycles. The Labute approximate surface area is 236 Å². The lowest BCUT2D eigenvalue weighted by Crippen LogP contribution is -2.45. The summed E-state index contributed by atoms with van der Waals surface area (Å²) in [5.41, 5.74) is 7.00. The molecule has 0 saturated heterocycles. The number of nitrogen functional groups attached to an aromatic ring is 1. The number of fused-ring (bicyclic) bond motifs is 1. The van der Waals surface area contributed by atoms with Gasteiger partial charge < -0.3 is 11.1 Å². The van der Waals surface area contributed by atoms with Crippen LogP contribution < -0.4 is 22.3 Å². The summed E-state index contributed by atoms with van der Waals surface area (Å²) in [5.74, 6) is 0.0264. The van der Waals surface area contributed by atoms with E-state index in [0.717, 1.165) is 15.7 Å². The maximum absolute atomic E-state index is 13.5. The summed E-state index contributed by atoms with van der Waals surface area (Å²) >= 11 is 0. The van der Waals surface area contributed by atoms with E-state index >= 15 is 0 Å². The number of nitrogens with zero attached hydrogens (tertiary/aromatic N) is 3. The van der Waals surface area contributed by atoms with E-state index in [1.165, 1.54) is 4.57 Å². The molecule has 12 heteroatoms. The largest absolute Gasteiger partial charge is 0.384 e. The van der Waals surface area contributed by atoms with Crippen LogP contribution in [0.25, 0.3) is 22.3 Å². The molecule has 0 saturated carbocycles. The molecular formula is C28H28ClN5O5S. The van der Waals surface area contributed by atoms with Gasteiger partial charge in [-0.05, 0) is 48.2 Å². The fourth-order valence-corrected chi connectivity index (χ4v) is 6.41. The van der Waals surface area contributed by atoms with E-state index in [-0.39, 0.29) is 54.3 Å². The molecule has 0 spiro atoms. The summed E-state index contributed by atoms with van der Waals surface area (Å²) in [7, 11) is -3.79. The smallest absolute Gasteiger partial charge is 0.332 e. The molecule has 0 unspecified atom stereocenters. The Hall–Kier alpha value is -4.22. The van der Waals surface area contributed by atoms with Crippen LogP contribution in [0.15, 0.2) is 87.5 Å². The Balaban J connectivity index is 0.00000370. The normalized spacial score (nSPS) is 13.6. The van der Waals surface area contributed by atoms with Gasteiger partial charge >= 0.3 is 5.69 Å². The van der Waals surface area contributed by atoms with Crippen LogP contribution in [0, 0.1) is 0 Å². The fraction of sp³-hybridized carbons (Fsp3) is 0.214. The van der Waals surface area contributed by atoms with E-state index in [1.54, 1.807) is 54.7 Å². The zero-order valence-corrected chi connectivity index (χ0v) is 23.1. The maximum atomic E-state index is 13.5. The average Bonchev–Trinajstić information content (AvgIpc) is 2.94. The summed E-state index contributed by atoms with van der Waals surface area (Å²) in [5, 5.41) is 2.60. The van der Waals surface area contributed by atoms with Gasteiger partial charge in [-0.2, -0.15) is 0 Å². The fourth-order valence-electron chi connectivity index (χ4n) is 4.69. The highest BCUT2D eigenvalue weighted by atomic mass is 35.5. The average molecular weight is 582 g/mol. The molecule has 40 heavy (non-hydrogen) atoms. The monoisotopic (exact) mass is 581 g/mol. The molecule has 0 fully saturated rings. The van der Waals surface area contributed by atoms with E-state index in [2.05, 4.69) is 10.3 Å². The lowest BCUT2D eigenvalue weighted by Gasteiger charge is -2.23. The lowest BCUT2D eigenvalue weighted by atomic mass is 10.1. The van der Waals surface area contributed by atoms with Gasteiger partial charge in [0.05, 0.1) is 11.3 Å². The number of nitrogens with two attached hydrogens (primary N) is 1. The number of anilines is 1. The van der Waals surface area contributed by atoms with Gasteiger partial charge in [-0.3, -0.25) is 18.7 Å². The minimum absolute atomic E-state index is 0. The molecular weight excluding hydrogens is 554 g/mol. The van der Waals surface area contributed by atoms with Crippen LogP contribution >= 0.6 is 12.4 Å². The number of hydrogen-bond donors (Lipinski definition) is 2. The van der Waals surface area contributed by atoms with Crippen molar-refractivity contribution in [2.45, 2.75) is 31.0 Å². The third-order valence-electron chi connectivity index (χ3n) is 6.64. The molecule has 1 amide bonds. The van der Waals surface area contributed by atoms with Crippen LogP contribution in [0.5, 0.6) is 0 Å². The van der Waals surface area contributed by atoms with Crippen LogP contribution in [-0.4, -0.2) is 40.7 Å². The third kappa shape index (κ3) is 5.70. The molecule has 1 aliphatic rings. The van der Waals surface area contributed by atoms with Crippen LogP contribution in [0.1, 0.15) is 23.2 Å². The summed E-state index contributed by atoms with van der Waals surface area (Å²) < 4.78 is 28.1. The van der Waals surface area contributed by atoms with Crippen molar-refractivity contribution >= 4 is 34.0 Å². The van der Waals surface area contributed by atoms with Crippen molar-refractivity contribution in [2.24, 2.45) is 0 Å². The van der Waals surface area contributed by atoms with Gasteiger partial charge in [-0.15, -0.1) is 12.4 Å². The zero-order valence-electron chi connectivity index (χ0n) is 21.4. The first kappa shape index (κ1) is 28.8. The van der Waals surface area contributed by atoms with E-state index in [9.17, 15) is 22.8 Å². The van der Waals surface area contributed by atoms with Gasteiger partial charge in [0.1, 0.15) is 5.82 Å². The number of benzene rings is 2. The van der Waals surface area contributed by atoms with E-state index in [0.29, 0.717) is 29.8 Å². The van der Waals surface area contributed by atoms with Crippen molar-refractivity contribution in [3.63, 3.8) is 0 Å². The molecule has 208 valence electrons. The predicted octanol–water partition coefficient (Wildman–Crippen LogP) is 2.74. The molecule has 2 aromatic heterocycles. The zero-order chi connectivity index (χ0) is 27.6. The Kier molecular flexibility index (Phi) is 8.55. The van der Waals surface area contributed by atoms with E-state index in [4.69, 9.17) is 5.73 Å². The highest BCUT2D eigenvalue weighted by Gasteiger charge is 2.32. The summed E-state index contributed by atoms with van der Waals surface area (Å²) in [6.07, 6.45) is 2.26. The van der Waals surface area contributed by atoms with Crippen molar-refractivity contribution in [1.29, 1.82) is 0 Å². The second kappa shape index (κ2) is 11.9. The molecule has 3 heterocycles. The van der Waals surface area contributed by atoms with Crippen LogP contribution in [0.4, 0.5) is 5.82 Å². The molecule has 0 bridgehead atoms. The molecule has 5 rings (SSSR count). The number of carbonyl (C=O) groups excluding carboxylic acids is 1. The third-order valence-corrected chi connectivity index (χ3v) is 8.48. The van der Waals surface area contributed by atoms with E-state index < -0.39 is 21.1 Å². The van der Waals surface area contributed by atoms with Gasteiger partial charge in [0, 0.05) is 37.0 Å². The topological polar surface area (TPSA) is 146 Å². The van der Waals surface area contributed by atoms with Gasteiger partial charge in [0.15, 0.2) is 14.9 Å². The van der Waals surface area contributed by atoms with Crippen molar-refractivity contribution in [3.05, 3.63) is 99.3 Å². The van der Waals surface area contributed by atoms with Gasteiger partial charge in [0.25, 0.3) is 11.5 Å². The van der Waals surface area contributed by atoms with Crippen LogP contribution in [0.2, 0.25) is 0 Å². The Morgan fingerprint density at radius 3 is 2.33 bits per heavy atom. The Morgan fingerprint density at radius 1 is 0.950 bits per heavy atom. The van der Waals surface area contributed by atoms with Crippen molar-refractivity contribution < 1.29 is 13.2 Å². The number of amides is 1. The number of halogens is 1. The molecule has 4 aromatic rings. The number of nitrogens with one attached hydrogen (secondary N) is 1. The van der Waals surface area contributed by atoms with Crippen LogP contribution in [0.3, 0.4) is 0 Å². The molecule has 0 aliphatic carbocycles. The molecule has 0 atom stereocenters. The van der Waals surface area contributed by atoms with Crippen molar-refractivity contribution in [2.75, 3.05) is 18.0 Å². The highest BCUT2D eigenvalue weighted by Crippen LogP contribution is 2.27. The lowest BCUT2D eigenvalue weighted by molar-refractivity contribution is 0.0952. The standard InChI is InChI=1S/C28H27N5O5S.ClH/c29-23-13-12-22(18-31-23)19-8-10-21(11-9-19)25(34)30-14-4-15-32-26(35)24(20-6-2-1-3-7-20)27-33(28(32)36)16-5-17-39(27,37)38;/h1-3,6-13,18H,4-5,14-17H2,(H2,29,31)(H,30,34);1H.